The summed E-state index contributed by atoms with van der Waals surface area (Å²) in [7, 11) is -2.30. The first-order valence-electron chi connectivity index (χ1n) is 10.6. The topological polar surface area (TPSA) is 75.7 Å². The van der Waals surface area contributed by atoms with Crippen LogP contribution in [0.25, 0.3) is 0 Å². The van der Waals surface area contributed by atoms with Gasteiger partial charge in [-0.1, -0.05) is 48.0 Å². The Balaban J connectivity index is 1.63. The maximum Gasteiger partial charge on any atom is 0.264 e. The minimum absolute atomic E-state index is 0.0930. The van der Waals surface area contributed by atoms with Gasteiger partial charge in [0.15, 0.2) is 0 Å². The number of carbonyl (C=O) groups is 1. The highest BCUT2D eigenvalue weighted by molar-refractivity contribution is 7.92. The summed E-state index contributed by atoms with van der Waals surface area (Å²) >= 11 is 6.21. The maximum absolute atomic E-state index is 13.5. The second kappa shape index (κ2) is 9.55. The van der Waals surface area contributed by atoms with E-state index in [-0.39, 0.29) is 10.8 Å². The van der Waals surface area contributed by atoms with Crippen molar-refractivity contribution in [2.24, 2.45) is 0 Å². The molecule has 1 amide bonds. The lowest BCUT2D eigenvalue weighted by atomic mass is 9.73. The van der Waals surface area contributed by atoms with Crippen LogP contribution in [0.4, 0.5) is 11.4 Å². The number of para-hydroxylation sites is 1. The van der Waals surface area contributed by atoms with Crippen molar-refractivity contribution in [1.82, 2.24) is 0 Å². The number of benzene rings is 3. The minimum atomic E-state index is -3.80. The predicted molar refractivity (Wildman–Crippen MR) is 130 cm³/mol. The zero-order valence-electron chi connectivity index (χ0n) is 18.2. The number of rotatable bonds is 6. The molecule has 1 heterocycles. The van der Waals surface area contributed by atoms with E-state index >= 15 is 0 Å². The lowest BCUT2D eigenvalue weighted by molar-refractivity contribution is -0.125. The normalized spacial score (nSPS) is 15.6. The van der Waals surface area contributed by atoms with Crippen molar-refractivity contribution in [3.05, 3.63) is 89.4 Å². The number of hydrogen-bond acceptors (Lipinski definition) is 4. The van der Waals surface area contributed by atoms with E-state index in [0.717, 1.165) is 5.56 Å². The zero-order valence-corrected chi connectivity index (χ0v) is 19.8. The molecule has 0 atom stereocenters. The van der Waals surface area contributed by atoms with Gasteiger partial charge >= 0.3 is 0 Å². The molecular formula is C25H25ClN2O4S. The van der Waals surface area contributed by atoms with Crippen LogP contribution in [0.2, 0.25) is 5.02 Å². The fraction of sp³-hybridized carbons (Fsp3) is 0.240. The van der Waals surface area contributed by atoms with Crippen molar-refractivity contribution in [2.45, 2.75) is 23.2 Å². The van der Waals surface area contributed by atoms with Crippen molar-refractivity contribution in [3.63, 3.8) is 0 Å². The third kappa shape index (κ3) is 4.76. The molecule has 3 aromatic carbocycles. The summed E-state index contributed by atoms with van der Waals surface area (Å²) in [4.78, 5) is 13.6. The summed E-state index contributed by atoms with van der Waals surface area (Å²) in [6.45, 7) is 0.909. The van der Waals surface area contributed by atoms with Crippen molar-refractivity contribution >= 4 is 38.9 Å². The van der Waals surface area contributed by atoms with Crippen LogP contribution < -0.4 is 9.62 Å². The summed E-state index contributed by atoms with van der Waals surface area (Å²) in [5.74, 6) is -0.209. The highest BCUT2D eigenvalue weighted by Crippen LogP contribution is 2.37. The van der Waals surface area contributed by atoms with Crippen LogP contribution >= 0.6 is 11.6 Å². The monoisotopic (exact) mass is 484 g/mol. The Labute approximate surface area is 199 Å². The van der Waals surface area contributed by atoms with Crippen LogP contribution in [-0.2, 0) is 25.0 Å². The SMILES string of the molecule is CN(c1ccccc1)S(=O)(=O)c1cccc(NC(=O)C2(c3cccc(Cl)c3)CCOCC2)c1. The van der Waals surface area contributed by atoms with E-state index < -0.39 is 15.4 Å². The van der Waals surface area contributed by atoms with Gasteiger partial charge in [-0.15, -0.1) is 0 Å². The molecule has 0 radical (unpaired) electrons. The molecule has 1 aliphatic rings. The molecule has 1 fully saturated rings. The number of nitrogens with one attached hydrogen (secondary N) is 1. The van der Waals surface area contributed by atoms with Gasteiger partial charge in [-0.3, -0.25) is 9.10 Å². The van der Waals surface area contributed by atoms with Gasteiger partial charge in [-0.2, -0.15) is 0 Å². The van der Waals surface area contributed by atoms with Gasteiger partial charge in [0, 0.05) is 31.0 Å². The molecule has 0 aliphatic carbocycles. The van der Waals surface area contributed by atoms with Crippen LogP contribution in [0.3, 0.4) is 0 Å². The second-order valence-electron chi connectivity index (χ2n) is 7.99. The molecule has 0 aromatic heterocycles. The third-order valence-electron chi connectivity index (χ3n) is 6.03. The molecule has 0 spiro atoms. The number of halogens is 1. The first kappa shape index (κ1) is 23.3. The fourth-order valence-electron chi connectivity index (χ4n) is 4.07. The Morgan fingerprint density at radius 3 is 2.36 bits per heavy atom. The average Bonchev–Trinajstić information content (AvgIpc) is 2.84. The van der Waals surface area contributed by atoms with Gasteiger partial charge in [0.05, 0.1) is 16.0 Å². The molecule has 1 saturated heterocycles. The summed E-state index contributed by atoms with van der Waals surface area (Å²) in [5, 5.41) is 3.50. The van der Waals surface area contributed by atoms with E-state index in [0.29, 0.717) is 42.5 Å². The van der Waals surface area contributed by atoms with E-state index in [9.17, 15) is 13.2 Å². The first-order chi connectivity index (χ1) is 15.8. The Kier molecular flexibility index (Phi) is 6.74. The summed E-state index contributed by atoms with van der Waals surface area (Å²) in [6.07, 6.45) is 1.02. The first-order valence-corrected chi connectivity index (χ1v) is 12.4. The van der Waals surface area contributed by atoms with Gasteiger partial charge in [0.2, 0.25) is 5.91 Å². The highest BCUT2D eigenvalue weighted by atomic mass is 35.5. The average molecular weight is 485 g/mol. The van der Waals surface area contributed by atoms with E-state index in [1.807, 2.05) is 24.3 Å². The molecule has 172 valence electrons. The molecule has 33 heavy (non-hydrogen) atoms. The number of carbonyl (C=O) groups excluding carboxylic acids is 1. The van der Waals surface area contributed by atoms with Crippen LogP contribution in [0.15, 0.2) is 83.8 Å². The van der Waals surface area contributed by atoms with Crippen molar-refractivity contribution < 1.29 is 17.9 Å². The van der Waals surface area contributed by atoms with E-state index in [4.69, 9.17) is 16.3 Å². The molecule has 3 aromatic rings. The minimum Gasteiger partial charge on any atom is -0.381 e. The van der Waals surface area contributed by atoms with E-state index in [1.54, 1.807) is 42.5 Å². The molecule has 1 N–H and O–H groups in total. The molecule has 6 nitrogen and oxygen atoms in total. The number of amides is 1. The van der Waals surface area contributed by atoms with Crippen LogP contribution in [-0.4, -0.2) is 34.6 Å². The van der Waals surface area contributed by atoms with Gasteiger partial charge in [0.1, 0.15) is 0 Å². The van der Waals surface area contributed by atoms with Crippen molar-refractivity contribution in [2.75, 3.05) is 29.9 Å². The Morgan fingerprint density at radius 1 is 0.970 bits per heavy atom. The third-order valence-corrected chi connectivity index (χ3v) is 8.04. The smallest absolute Gasteiger partial charge is 0.264 e. The molecule has 1 aliphatic heterocycles. The number of hydrogen-bond donors (Lipinski definition) is 1. The highest BCUT2D eigenvalue weighted by Gasteiger charge is 2.42. The van der Waals surface area contributed by atoms with Gasteiger partial charge in [0.25, 0.3) is 10.0 Å². The van der Waals surface area contributed by atoms with Crippen molar-refractivity contribution in [3.8, 4) is 0 Å². The lowest BCUT2D eigenvalue weighted by Crippen LogP contribution is -2.44. The summed E-state index contributed by atoms with van der Waals surface area (Å²) in [6, 6.07) is 22.4. The molecule has 8 heteroatoms. The Morgan fingerprint density at radius 2 is 1.67 bits per heavy atom. The van der Waals surface area contributed by atoms with E-state index in [1.165, 1.54) is 23.5 Å². The molecule has 4 rings (SSSR count). The Bertz CT molecular complexity index is 1240. The van der Waals surface area contributed by atoms with Gasteiger partial charge in [-0.25, -0.2) is 8.42 Å². The zero-order chi connectivity index (χ0) is 23.5. The van der Waals surface area contributed by atoms with Crippen LogP contribution in [0.5, 0.6) is 0 Å². The quantitative estimate of drug-likeness (QED) is 0.542. The van der Waals surface area contributed by atoms with Gasteiger partial charge in [-0.05, 0) is 60.9 Å². The van der Waals surface area contributed by atoms with Crippen LogP contribution in [0, 0.1) is 0 Å². The number of sulfonamides is 1. The molecule has 0 bridgehead atoms. The van der Waals surface area contributed by atoms with Crippen molar-refractivity contribution in [1.29, 1.82) is 0 Å². The fourth-order valence-corrected chi connectivity index (χ4v) is 5.50. The second-order valence-corrected chi connectivity index (χ2v) is 10.4. The number of nitrogens with zero attached hydrogens (tertiary/aromatic N) is 1. The van der Waals surface area contributed by atoms with E-state index in [2.05, 4.69) is 5.32 Å². The predicted octanol–water partition coefficient (Wildman–Crippen LogP) is 4.85. The summed E-state index contributed by atoms with van der Waals surface area (Å²) < 4.78 is 33.1. The molecular weight excluding hydrogens is 460 g/mol. The largest absolute Gasteiger partial charge is 0.381 e. The number of anilines is 2. The van der Waals surface area contributed by atoms with Crippen LogP contribution in [0.1, 0.15) is 18.4 Å². The molecule has 0 saturated carbocycles. The Hall–Kier alpha value is -2.87. The number of ether oxygens (including phenoxy) is 1. The van der Waals surface area contributed by atoms with Gasteiger partial charge < -0.3 is 10.1 Å². The molecule has 0 unspecified atom stereocenters. The maximum atomic E-state index is 13.5. The summed E-state index contributed by atoms with van der Waals surface area (Å²) in [5.41, 5.74) is 0.978. The standard InChI is InChI=1S/C25H25ClN2O4S/c1-28(22-10-3-2-4-11-22)33(30,31)23-12-6-9-21(18-23)27-24(29)25(13-15-32-16-14-25)19-7-5-8-20(26)17-19/h2-12,17-18H,13-16H2,1H3,(H,27,29). The lowest BCUT2D eigenvalue weighted by Gasteiger charge is -2.36.